The van der Waals surface area contributed by atoms with Crippen LogP contribution in [0.2, 0.25) is 0 Å². The lowest BCUT2D eigenvalue weighted by Crippen LogP contribution is -2.51. The number of amides is 1. The second kappa shape index (κ2) is 6.58. The van der Waals surface area contributed by atoms with Crippen molar-refractivity contribution in [1.82, 2.24) is 19.7 Å². The van der Waals surface area contributed by atoms with E-state index in [2.05, 4.69) is 15.0 Å². The van der Waals surface area contributed by atoms with Crippen LogP contribution in [-0.4, -0.2) is 51.8 Å². The second-order valence-electron chi connectivity index (χ2n) is 5.68. The van der Waals surface area contributed by atoms with Gasteiger partial charge in [0.15, 0.2) is 0 Å². The van der Waals surface area contributed by atoms with E-state index in [1.54, 1.807) is 22.2 Å². The number of carbonyl (C=O) groups excluding carboxylic acids is 1. The highest BCUT2D eigenvalue weighted by Crippen LogP contribution is 2.23. The van der Waals surface area contributed by atoms with Crippen LogP contribution in [0.15, 0.2) is 24.0 Å². The van der Waals surface area contributed by atoms with Gasteiger partial charge in [0.05, 0.1) is 22.9 Å². The molecule has 2 aromatic heterocycles. The van der Waals surface area contributed by atoms with Crippen molar-refractivity contribution in [3.63, 3.8) is 0 Å². The molecule has 0 bridgehead atoms. The van der Waals surface area contributed by atoms with Gasteiger partial charge in [-0.05, 0) is 19.9 Å². The minimum absolute atomic E-state index is 0.0473. The predicted molar refractivity (Wildman–Crippen MR) is 87.0 cm³/mol. The maximum Gasteiger partial charge on any atom is 0.244 e. The molecule has 1 aliphatic heterocycles. The van der Waals surface area contributed by atoms with Crippen LogP contribution in [0.5, 0.6) is 0 Å². The molecular weight excluding hydrogens is 298 g/mol. The van der Waals surface area contributed by atoms with Crippen molar-refractivity contribution in [3.05, 3.63) is 29.0 Å². The molecule has 3 heterocycles. The van der Waals surface area contributed by atoms with E-state index in [1.165, 1.54) is 0 Å². The molecule has 1 atom stereocenters. The van der Waals surface area contributed by atoms with Crippen molar-refractivity contribution in [2.45, 2.75) is 25.3 Å². The lowest BCUT2D eigenvalue weighted by atomic mass is 10.0. The van der Waals surface area contributed by atoms with Crippen LogP contribution < -0.4 is 4.90 Å². The molecule has 22 heavy (non-hydrogen) atoms. The fourth-order valence-electron chi connectivity index (χ4n) is 2.87. The Balaban J connectivity index is 1.64. The molecule has 1 saturated heterocycles. The summed E-state index contributed by atoms with van der Waals surface area (Å²) in [7, 11) is 3.90. The Morgan fingerprint density at radius 1 is 1.50 bits per heavy atom. The number of carbonyl (C=O) groups is 1. The van der Waals surface area contributed by atoms with Crippen molar-refractivity contribution < 1.29 is 4.79 Å². The number of likely N-dealkylation sites (N-methyl/N-ethyl adjacent to an activating group) is 1. The van der Waals surface area contributed by atoms with Crippen LogP contribution in [-0.2, 0) is 18.3 Å². The molecule has 3 rings (SSSR count). The average molecular weight is 319 g/mol. The van der Waals surface area contributed by atoms with Crippen LogP contribution >= 0.6 is 11.3 Å². The first-order chi connectivity index (χ1) is 10.6. The molecule has 6 nitrogen and oxygen atoms in total. The molecule has 1 aliphatic rings. The van der Waals surface area contributed by atoms with Gasteiger partial charge in [-0.25, -0.2) is 4.98 Å². The molecule has 118 valence electrons. The third-order valence-corrected chi connectivity index (χ3v) is 4.95. The van der Waals surface area contributed by atoms with Gasteiger partial charge in [-0.15, -0.1) is 11.3 Å². The van der Waals surface area contributed by atoms with Crippen molar-refractivity contribution in [1.29, 1.82) is 0 Å². The Hall–Kier alpha value is -1.73. The number of aryl methyl sites for hydroxylation is 1. The van der Waals surface area contributed by atoms with Crippen LogP contribution in [0.1, 0.15) is 17.8 Å². The fraction of sp³-hybridized carbons (Fsp3) is 0.533. The Labute approximate surface area is 134 Å². The van der Waals surface area contributed by atoms with E-state index in [0.717, 1.165) is 43.0 Å². The van der Waals surface area contributed by atoms with Crippen LogP contribution in [0.25, 0.3) is 0 Å². The molecule has 0 unspecified atom stereocenters. The summed E-state index contributed by atoms with van der Waals surface area (Å²) < 4.78 is 1.73. The maximum absolute atomic E-state index is 12.8. The first-order valence-electron chi connectivity index (χ1n) is 7.54. The van der Waals surface area contributed by atoms with E-state index in [4.69, 9.17) is 0 Å². The first kappa shape index (κ1) is 15.2. The standard InChI is InChI=1S/C15H21N5OS/c1-18(8-5-14-16-6-9-22-14)13-4-3-7-20(15(13)21)12-10-17-19(2)11-12/h6,9-11,13H,3-5,7-8H2,1-2H3/t13-/m1/s1. The van der Waals surface area contributed by atoms with Gasteiger partial charge in [0, 0.05) is 44.3 Å². The summed E-state index contributed by atoms with van der Waals surface area (Å²) in [5, 5.41) is 7.28. The van der Waals surface area contributed by atoms with Crippen molar-refractivity contribution in [2.75, 3.05) is 25.0 Å². The smallest absolute Gasteiger partial charge is 0.244 e. The number of thiazole rings is 1. The van der Waals surface area contributed by atoms with Gasteiger partial charge in [0.1, 0.15) is 0 Å². The zero-order valence-electron chi connectivity index (χ0n) is 13.0. The number of aromatic nitrogens is 3. The zero-order chi connectivity index (χ0) is 15.5. The van der Waals surface area contributed by atoms with Gasteiger partial charge in [-0.2, -0.15) is 5.10 Å². The summed E-state index contributed by atoms with van der Waals surface area (Å²) in [6.07, 6.45) is 8.32. The number of nitrogens with zero attached hydrogens (tertiary/aromatic N) is 5. The lowest BCUT2D eigenvalue weighted by Gasteiger charge is -2.36. The summed E-state index contributed by atoms with van der Waals surface area (Å²) in [5.74, 6) is 0.181. The van der Waals surface area contributed by atoms with Gasteiger partial charge in [-0.1, -0.05) is 0 Å². The molecule has 1 fully saturated rings. The third-order valence-electron chi connectivity index (χ3n) is 4.11. The molecule has 0 aliphatic carbocycles. The third kappa shape index (κ3) is 3.20. The monoisotopic (exact) mass is 319 g/mol. The molecular formula is C15H21N5OS. The molecule has 1 amide bonds. The van der Waals surface area contributed by atoms with E-state index in [1.807, 2.05) is 36.8 Å². The topological polar surface area (TPSA) is 54.3 Å². The molecule has 7 heteroatoms. The Morgan fingerprint density at radius 2 is 2.36 bits per heavy atom. The number of anilines is 1. The highest BCUT2D eigenvalue weighted by atomic mass is 32.1. The molecule has 0 N–H and O–H groups in total. The number of hydrogen-bond acceptors (Lipinski definition) is 5. The second-order valence-corrected chi connectivity index (χ2v) is 6.66. The van der Waals surface area contributed by atoms with Gasteiger partial charge in [0.2, 0.25) is 5.91 Å². The minimum atomic E-state index is -0.0473. The van der Waals surface area contributed by atoms with E-state index in [9.17, 15) is 4.79 Å². The van der Waals surface area contributed by atoms with Crippen molar-refractivity contribution in [2.24, 2.45) is 7.05 Å². The van der Waals surface area contributed by atoms with Crippen LogP contribution in [0.3, 0.4) is 0 Å². The van der Waals surface area contributed by atoms with Crippen LogP contribution in [0.4, 0.5) is 5.69 Å². The Kier molecular flexibility index (Phi) is 4.54. The Morgan fingerprint density at radius 3 is 3.05 bits per heavy atom. The summed E-state index contributed by atoms with van der Waals surface area (Å²) in [4.78, 5) is 21.1. The highest BCUT2D eigenvalue weighted by molar-refractivity contribution is 7.09. The maximum atomic E-state index is 12.8. The van der Waals surface area contributed by atoms with Gasteiger partial charge in [-0.3, -0.25) is 14.4 Å². The van der Waals surface area contributed by atoms with Crippen LogP contribution in [0, 0.1) is 0 Å². The summed E-state index contributed by atoms with van der Waals surface area (Å²) in [5.41, 5.74) is 0.894. The molecule has 0 saturated carbocycles. The summed E-state index contributed by atoms with van der Waals surface area (Å²) in [6, 6.07) is -0.0473. The Bertz CT molecular complexity index is 624. The minimum Gasteiger partial charge on any atom is -0.308 e. The first-order valence-corrected chi connectivity index (χ1v) is 8.42. The van der Waals surface area contributed by atoms with E-state index >= 15 is 0 Å². The van der Waals surface area contributed by atoms with Gasteiger partial charge >= 0.3 is 0 Å². The normalized spacial score (nSPS) is 19.1. The summed E-state index contributed by atoms with van der Waals surface area (Å²) >= 11 is 1.67. The lowest BCUT2D eigenvalue weighted by molar-refractivity contribution is -0.124. The van der Waals surface area contributed by atoms with Crippen molar-refractivity contribution >= 4 is 22.9 Å². The fourth-order valence-corrected chi connectivity index (χ4v) is 3.48. The van der Waals surface area contributed by atoms with E-state index in [0.29, 0.717) is 0 Å². The van der Waals surface area contributed by atoms with Crippen molar-refractivity contribution in [3.8, 4) is 0 Å². The highest BCUT2D eigenvalue weighted by Gasteiger charge is 2.32. The largest absolute Gasteiger partial charge is 0.308 e. The predicted octanol–water partition coefficient (Wildman–Crippen LogP) is 1.55. The van der Waals surface area contributed by atoms with E-state index in [-0.39, 0.29) is 11.9 Å². The molecule has 0 radical (unpaired) electrons. The zero-order valence-corrected chi connectivity index (χ0v) is 13.8. The number of piperidine rings is 1. The quantitative estimate of drug-likeness (QED) is 0.839. The van der Waals surface area contributed by atoms with Gasteiger partial charge < -0.3 is 4.90 Å². The molecule has 0 aromatic carbocycles. The number of rotatable bonds is 5. The summed E-state index contributed by atoms with van der Waals surface area (Å²) in [6.45, 7) is 1.63. The average Bonchev–Trinajstić information content (AvgIpc) is 3.16. The van der Waals surface area contributed by atoms with Gasteiger partial charge in [0.25, 0.3) is 0 Å². The molecule has 2 aromatic rings. The number of hydrogen-bond donors (Lipinski definition) is 0. The van der Waals surface area contributed by atoms with E-state index < -0.39 is 0 Å². The molecule has 0 spiro atoms. The SMILES string of the molecule is CN(CCc1nccs1)[C@@H]1CCCN(c2cnn(C)c2)C1=O.